The van der Waals surface area contributed by atoms with Crippen molar-refractivity contribution >= 4 is 27.8 Å². The van der Waals surface area contributed by atoms with Gasteiger partial charge in [0.05, 0.1) is 5.41 Å². The number of anilines is 3. The summed E-state index contributed by atoms with van der Waals surface area (Å²) in [5.74, 6) is 0. The third-order valence-electron chi connectivity index (χ3n) is 13.6. The molecule has 0 fully saturated rings. The topological polar surface area (TPSA) is 3.24 Å². The SMILES string of the molecule is Cc1ccc(-c2ccc(N(c3ccc4c(c3)C(C)(C)c3ccccc3-4)c3ccc4c(c3)C3(c5ccccc5-4)c4ccccc4-c4c3ccc3ccccc43)cc2)cc1. The van der Waals surface area contributed by atoms with E-state index in [-0.39, 0.29) is 5.41 Å². The van der Waals surface area contributed by atoms with Crippen molar-refractivity contribution in [3.05, 3.63) is 233 Å². The van der Waals surface area contributed by atoms with E-state index in [4.69, 9.17) is 0 Å². The molecule has 0 bridgehead atoms. The fourth-order valence-corrected chi connectivity index (χ4v) is 10.9. The lowest BCUT2D eigenvalue weighted by molar-refractivity contribution is 0.660. The van der Waals surface area contributed by atoms with E-state index in [1.54, 1.807) is 0 Å². The Morgan fingerprint density at radius 1 is 0.362 bits per heavy atom. The van der Waals surface area contributed by atoms with Gasteiger partial charge in [0.1, 0.15) is 0 Å². The van der Waals surface area contributed by atoms with Crippen LogP contribution in [-0.2, 0) is 10.8 Å². The van der Waals surface area contributed by atoms with Crippen LogP contribution in [0, 0.1) is 6.92 Å². The summed E-state index contributed by atoms with van der Waals surface area (Å²) in [6.07, 6.45) is 0. The Hall–Kier alpha value is -6.96. The molecular formula is C57H41N. The molecule has 0 N–H and O–H groups in total. The van der Waals surface area contributed by atoms with Gasteiger partial charge in [0.15, 0.2) is 0 Å². The molecule has 9 aromatic rings. The second-order valence-electron chi connectivity index (χ2n) is 16.9. The first kappa shape index (κ1) is 33.2. The number of hydrogen-bond acceptors (Lipinski definition) is 1. The van der Waals surface area contributed by atoms with Gasteiger partial charge in [-0.25, -0.2) is 0 Å². The Morgan fingerprint density at radius 2 is 0.862 bits per heavy atom. The van der Waals surface area contributed by atoms with Crippen LogP contribution in [0.2, 0.25) is 0 Å². The molecular weight excluding hydrogens is 699 g/mol. The highest BCUT2D eigenvalue weighted by atomic mass is 15.1. The third-order valence-corrected chi connectivity index (χ3v) is 13.6. The van der Waals surface area contributed by atoms with E-state index < -0.39 is 5.41 Å². The van der Waals surface area contributed by atoms with Gasteiger partial charge >= 0.3 is 0 Å². The zero-order valence-corrected chi connectivity index (χ0v) is 32.9. The van der Waals surface area contributed by atoms with Crippen LogP contribution in [0.25, 0.3) is 55.3 Å². The van der Waals surface area contributed by atoms with Crippen molar-refractivity contribution in [2.75, 3.05) is 4.90 Å². The molecule has 58 heavy (non-hydrogen) atoms. The van der Waals surface area contributed by atoms with Crippen LogP contribution in [0.5, 0.6) is 0 Å². The first-order valence-electron chi connectivity index (χ1n) is 20.5. The van der Waals surface area contributed by atoms with Crippen molar-refractivity contribution in [1.82, 2.24) is 0 Å². The normalized spacial score (nSPS) is 16.1. The summed E-state index contributed by atoms with van der Waals surface area (Å²) in [4.78, 5) is 2.48. The molecule has 0 heterocycles. The summed E-state index contributed by atoms with van der Waals surface area (Å²) in [5.41, 5.74) is 22.7. The molecule has 0 amide bonds. The number of benzene rings is 9. The standard InChI is InChI=1S/C57H41N/c1-36-20-22-37(23-21-36)38-24-27-40(28-25-38)58(41-29-31-46-44-14-6-9-17-49(44)56(2,3)53(46)34-41)42-30-32-47-45-15-7-10-18-50(45)57(54(47)35-42)51-19-11-8-16-48(51)55-43-13-5-4-12-39(43)26-33-52(55)57/h4-35H,1-3H3. The predicted octanol–water partition coefficient (Wildman–Crippen LogP) is 14.9. The van der Waals surface area contributed by atoms with Crippen molar-refractivity contribution in [3.63, 3.8) is 0 Å². The summed E-state index contributed by atoms with van der Waals surface area (Å²) >= 11 is 0. The van der Waals surface area contributed by atoms with Gasteiger partial charge in [-0.3, -0.25) is 0 Å². The number of aryl methyl sites for hydroxylation is 1. The van der Waals surface area contributed by atoms with E-state index in [9.17, 15) is 0 Å². The molecule has 1 spiro atoms. The van der Waals surface area contributed by atoms with Crippen molar-refractivity contribution < 1.29 is 0 Å². The fourth-order valence-electron chi connectivity index (χ4n) is 10.9. The monoisotopic (exact) mass is 739 g/mol. The second-order valence-corrected chi connectivity index (χ2v) is 16.9. The second kappa shape index (κ2) is 12.0. The van der Waals surface area contributed by atoms with Gasteiger partial charge in [0.2, 0.25) is 0 Å². The fraction of sp³-hybridized carbons (Fsp3) is 0.0877. The van der Waals surface area contributed by atoms with Crippen LogP contribution in [0.1, 0.15) is 52.8 Å². The molecule has 1 unspecified atom stereocenters. The Labute approximate surface area is 340 Å². The Kier molecular flexibility index (Phi) is 6.88. The molecule has 1 atom stereocenters. The lowest BCUT2D eigenvalue weighted by Gasteiger charge is -2.32. The number of hydrogen-bond donors (Lipinski definition) is 0. The molecule has 0 aromatic heterocycles. The predicted molar refractivity (Wildman–Crippen MR) is 243 cm³/mol. The zero-order valence-electron chi connectivity index (χ0n) is 32.9. The van der Waals surface area contributed by atoms with Crippen molar-refractivity contribution in [2.24, 2.45) is 0 Å². The van der Waals surface area contributed by atoms with Crippen molar-refractivity contribution in [2.45, 2.75) is 31.6 Å². The van der Waals surface area contributed by atoms with Gasteiger partial charge in [0, 0.05) is 22.5 Å². The molecule has 9 aromatic carbocycles. The first-order valence-corrected chi connectivity index (χ1v) is 20.5. The molecule has 0 radical (unpaired) electrons. The highest BCUT2D eigenvalue weighted by Gasteiger charge is 2.52. The van der Waals surface area contributed by atoms with Gasteiger partial charge in [0.25, 0.3) is 0 Å². The summed E-state index contributed by atoms with van der Waals surface area (Å²) < 4.78 is 0. The van der Waals surface area contributed by atoms with Crippen LogP contribution in [0.4, 0.5) is 17.1 Å². The Morgan fingerprint density at radius 3 is 1.57 bits per heavy atom. The minimum Gasteiger partial charge on any atom is -0.310 e. The quantitative estimate of drug-likeness (QED) is 0.174. The Bertz CT molecular complexity index is 3150. The molecule has 1 heteroatoms. The van der Waals surface area contributed by atoms with Crippen molar-refractivity contribution in [3.8, 4) is 44.5 Å². The largest absolute Gasteiger partial charge is 0.310 e. The van der Waals surface area contributed by atoms with E-state index in [0.717, 1.165) is 17.1 Å². The summed E-state index contributed by atoms with van der Waals surface area (Å²) in [7, 11) is 0. The van der Waals surface area contributed by atoms with Crippen LogP contribution >= 0.6 is 0 Å². The molecule has 3 aliphatic rings. The van der Waals surface area contributed by atoms with E-state index in [1.165, 1.54) is 94.2 Å². The van der Waals surface area contributed by atoms with Crippen LogP contribution in [-0.4, -0.2) is 0 Å². The minimum absolute atomic E-state index is 0.118. The molecule has 274 valence electrons. The maximum Gasteiger partial charge on any atom is 0.0726 e. The maximum absolute atomic E-state index is 2.51. The van der Waals surface area contributed by atoms with E-state index in [1.807, 2.05) is 0 Å². The van der Waals surface area contributed by atoms with Gasteiger partial charge < -0.3 is 4.90 Å². The van der Waals surface area contributed by atoms with E-state index >= 15 is 0 Å². The maximum atomic E-state index is 2.51. The van der Waals surface area contributed by atoms with E-state index in [2.05, 4.69) is 220 Å². The van der Waals surface area contributed by atoms with Gasteiger partial charge in [-0.2, -0.15) is 0 Å². The molecule has 12 rings (SSSR count). The zero-order chi connectivity index (χ0) is 38.8. The number of nitrogens with zero attached hydrogens (tertiary/aromatic N) is 1. The smallest absolute Gasteiger partial charge is 0.0726 e. The number of rotatable bonds is 4. The number of fused-ring (bicyclic) bond motifs is 15. The third kappa shape index (κ3) is 4.42. The van der Waals surface area contributed by atoms with Crippen molar-refractivity contribution in [1.29, 1.82) is 0 Å². The molecule has 1 nitrogen and oxygen atoms in total. The average Bonchev–Trinajstić information content (AvgIpc) is 3.83. The first-order chi connectivity index (χ1) is 28.4. The summed E-state index contributed by atoms with van der Waals surface area (Å²) in [6, 6.07) is 73.2. The average molecular weight is 740 g/mol. The van der Waals surface area contributed by atoms with Crippen LogP contribution < -0.4 is 4.90 Å². The molecule has 3 aliphatic carbocycles. The van der Waals surface area contributed by atoms with Crippen LogP contribution in [0.15, 0.2) is 194 Å². The summed E-state index contributed by atoms with van der Waals surface area (Å²) in [6.45, 7) is 6.89. The molecule has 0 aliphatic heterocycles. The van der Waals surface area contributed by atoms with E-state index in [0.29, 0.717) is 0 Å². The molecule has 0 saturated heterocycles. The van der Waals surface area contributed by atoms with Crippen LogP contribution in [0.3, 0.4) is 0 Å². The lowest BCUT2D eigenvalue weighted by atomic mass is 9.70. The highest BCUT2D eigenvalue weighted by molar-refractivity contribution is 6.06. The molecule has 0 saturated carbocycles. The van der Waals surface area contributed by atoms with Gasteiger partial charge in [-0.1, -0.05) is 177 Å². The minimum atomic E-state index is -0.458. The van der Waals surface area contributed by atoms with Gasteiger partial charge in [-0.15, -0.1) is 0 Å². The summed E-state index contributed by atoms with van der Waals surface area (Å²) in [5, 5.41) is 2.58. The van der Waals surface area contributed by atoms with Gasteiger partial charge in [-0.05, 0) is 132 Å². The lowest BCUT2D eigenvalue weighted by Crippen LogP contribution is -2.26. The highest BCUT2D eigenvalue weighted by Crippen LogP contribution is 2.64. The Balaban J connectivity index is 1.10.